The van der Waals surface area contributed by atoms with Gasteiger partial charge in [0.05, 0.1) is 28.7 Å². The van der Waals surface area contributed by atoms with Crippen LogP contribution in [0.4, 0.5) is 0 Å². The molecule has 0 aliphatic carbocycles. The van der Waals surface area contributed by atoms with Crippen LogP contribution in [0.2, 0.25) is 0 Å². The number of amides is 1. The van der Waals surface area contributed by atoms with E-state index >= 15 is 0 Å². The molecule has 2 aromatic rings. The van der Waals surface area contributed by atoms with Crippen LogP contribution in [0.25, 0.3) is 10.9 Å². The molecule has 1 amide bonds. The molecule has 2 heterocycles. The molecule has 23 heavy (non-hydrogen) atoms. The van der Waals surface area contributed by atoms with Gasteiger partial charge in [-0.2, -0.15) is 0 Å². The van der Waals surface area contributed by atoms with Crippen molar-refractivity contribution in [2.75, 3.05) is 18.1 Å². The van der Waals surface area contributed by atoms with Crippen LogP contribution in [-0.4, -0.2) is 41.9 Å². The third kappa shape index (κ3) is 3.58. The Morgan fingerprint density at radius 1 is 1.35 bits per heavy atom. The van der Waals surface area contributed by atoms with Crippen LogP contribution in [0.5, 0.6) is 0 Å². The lowest BCUT2D eigenvalue weighted by Gasteiger charge is -2.11. The Morgan fingerprint density at radius 2 is 2.13 bits per heavy atom. The maximum atomic E-state index is 12.3. The number of hydrogen-bond donors (Lipinski definition) is 1. The van der Waals surface area contributed by atoms with Gasteiger partial charge in [-0.1, -0.05) is 12.1 Å². The van der Waals surface area contributed by atoms with Crippen LogP contribution in [0.1, 0.15) is 6.42 Å². The maximum Gasteiger partial charge on any atom is 0.261 e. The standard InChI is InChI=1S/C15H17N3O4S/c19-14(16-7-11-5-6-23(21,22)9-11)8-18-10-17-13-4-2-1-3-12(13)15(18)20/h1-4,10-11H,5-9H2,(H,16,19)/t11-/m1/s1. The summed E-state index contributed by atoms with van der Waals surface area (Å²) in [5.74, 6) is -0.0734. The van der Waals surface area contributed by atoms with E-state index in [9.17, 15) is 18.0 Å². The molecule has 1 fully saturated rings. The summed E-state index contributed by atoms with van der Waals surface area (Å²) in [6, 6.07) is 6.95. The molecule has 1 aliphatic heterocycles. The second kappa shape index (κ2) is 6.11. The molecule has 0 radical (unpaired) electrons. The molecule has 0 saturated carbocycles. The number of nitrogens with zero attached hydrogens (tertiary/aromatic N) is 2. The van der Waals surface area contributed by atoms with Crippen LogP contribution in [-0.2, 0) is 21.2 Å². The van der Waals surface area contributed by atoms with Crippen molar-refractivity contribution >= 4 is 26.6 Å². The Morgan fingerprint density at radius 3 is 2.87 bits per heavy atom. The summed E-state index contributed by atoms with van der Waals surface area (Å²) in [6.45, 7) is 0.184. The van der Waals surface area contributed by atoms with Crippen molar-refractivity contribution in [3.05, 3.63) is 40.9 Å². The second-order valence-electron chi connectivity index (χ2n) is 5.77. The lowest BCUT2D eigenvalue weighted by atomic mass is 10.1. The number of aromatic nitrogens is 2. The number of nitrogens with one attached hydrogen (secondary N) is 1. The number of carbonyl (C=O) groups is 1. The normalized spacial score (nSPS) is 19.7. The fourth-order valence-electron chi connectivity index (χ4n) is 2.72. The van der Waals surface area contributed by atoms with E-state index in [0.29, 0.717) is 23.9 Å². The first-order valence-corrected chi connectivity index (χ1v) is 9.18. The highest BCUT2D eigenvalue weighted by Gasteiger charge is 2.27. The van der Waals surface area contributed by atoms with Gasteiger partial charge in [0.1, 0.15) is 6.54 Å². The quantitative estimate of drug-likeness (QED) is 0.844. The van der Waals surface area contributed by atoms with Gasteiger partial charge in [0.15, 0.2) is 9.84 Å². The average Bonchev–Trinajstić information content (AvgIpc) is 2.88. The topological polar surface area (TPSA) is 98.1 Å². The Kier molecular flexibility index (Phi) is 4.16. The average molecular weight is 335 g/mol. The van der Waals surface area contributed by atoms with Crippen LogP contribution in [0, 0.1) is 5.92 Å². The third-order valence-electron chi connectivity index (χ3n) is 3.96. The van der Waals surface area contributed by atoms with Crippen LogP contribution in [0.15, 0.2) is 35.4 Å². The molecule has 3 rings (SSSR count). The number of benzene rings is 1. The first-order chi connectivity index (χ1) is 10.9. The highest BCUT2D eigenvalue weighted by molar-refractivity contribution is 7.91. The van der Waals surface area contributed by atoms with Crippen molar-refractivity contribution < 1.29 is 13.2 Å². The van der Waals surface area contributed by atoms with Crippen molar-refractivity contribution in [2.45, 2.75) is 13.0 Å². The predicted octanol–water partition coefficient (Wildman–Crippen LogP) is -0.0526. The van der Waals surface area contributed by atoms with E-state index in [1.165, 1.54) is 10.9 Å². The Bertz CT molecular complexity index is 904. The molecule has 1 aliphatic rings. The van der Waals surface area contributed by atoms with Gasteiger partial charge in [-0.15, -0.1) is 0 Å². The molecule has 0 unspecified atom stereocenters. The van der Waals surface area contributed by atoms with E-state index in [0.717, 1.165) is 0 Å². The lowest BCUT2D eigenvalue weighted by Crippen LogP contribution is -2.35. The minimum absolute atomic E-state index is 0.0459. The van der Waals surface area contributed by atoms with Crippen molar-refractivity contribution in [3.8, 4) is 0 Å². The highest BCUT2D eigenvalue weighted by atomic mass is 32.2. The van der Waals surface area contributed by atoms with Crippen LogP contribution >= 0.6 is 0 Å². The van der Waals surface area contributed by atoms with Gasteiger partial charge in [-0.3, -0.25) is 14.2 Å². The molecule has 1 aromatic carbocycles. The van der Waals surface area contributed by atoms with Gasteiger partial charge in [0.2, 0.25) is 5.91 Å². The summed E-state index contributed by atoms with van der Waals surface area (Å²) >= 11 is 0. The van der Waals surface area contributed by atoms with Gasteiger partial charge in [-0.05, 0) is 24.5 Å². The van der Waals surface area contributed by atoms with E-state index in [-0.39, 0.29) is 35.4 Å². The number of fused-ring (bicyclic) bond motifs is 1. The Hall–Kier alpha value is -2.22. The third-order valence-corrected chi connectivity index (χ3v) is 5.80. The minimum atomic E-state index is -2.95. The molecule has 8 heteroatoms. The zero-order chi connectivity index (χ0) is 16.4. The number of para-hydroxylation sites is 1. The first kappa shape index (κ1) is 15.7. The molecular formula is C15H17N3O4S. The van der Waals surface area contributed by atoms with Crippen molar-refractivity contribution in [1.82, 2.24) is 14.9 Å². The molecule has 1 atom stereocenters. The first-order valence-electron chi connectivity index (χ1n) is 7.36. The highest BCUT2D eigenvalue weighted by Crippen LogP contribution is 2.17. The SMILES string of the molecule is O=C(Cn1cnc2ccccc2c1=O)NC[C@H]1CCS(=O)(=O)C1. The Balaban J connectivity index is 1.64. The molecule has 0 bridgehead atoms. The fraction of sp³-hybridized carbons (Fsp3) is 0.400. The van der Waals surface area contributed by atoms with E-state index < -0.39 is 9.84 Å². The lowest BCUT2D eigenvalue weighted by molar-refractivity contribution is -0.121. The molecule has 1 N–H and O–H groups in total. The summed E-state index contributed by atoms with van der Waals surface area (Å²) in [5, 5.41) is 3.16. The summed E-state index contributed by atoms with van der Waals surface area (Å²) in [5.41, 5.74) is 0.319. The van der Waals surface area contributed by atoms with Crippen molar-refractivity contribution in [2.24, 2.45) is 5.92 Å². The summed E-state index contributed by atoms with van der Waals surface area (Å²) in [4.78, 5) is 28.4. The van der Waals surface area contributed by atoms with Gasteiger partial charge >= 0.3 is 0 Å². The van der Waals surface area contributed by atoms with Crippen LogP contribution < -0.4 is 10.9 Å². The Labute approximate surface area is 133 Å². The molecule has 122 valence electrons. The van der Waals surface area contributed by atoms with Gasteiger partial charge in [0, 0.05) is 6.54 Å². The predicted molar refractivity (Wildman–Crippen MR) is 85.8 cm³/mol. The molecule has 1 aromatic heterocycles. The molecular weight excluding hydrogens is 318 g/mol. The zero-order valence-corrected chi connectivity index (χ0v) is 13.3. The van der Waals surface area contributed by atoms with E-state index in [2.05, 4.69) is 10.3 Å². The summed E-state index contributed by atoms with van der Waals surface area (Å²) < 4.78 is 24.0. The fourth-order valence-corrected chi connectivity index (χ4v) is 4.58. The van der Waals surface area contributed by atoms with Gasteiger partial charge in [-0.25, -0.2) is 13.4 Å². The van der Waals surface area contributed by atoms with E-state index in [4.69, 9.17) is 0 Å². The van der Waals surface area contributed by atoms with Crippen LogP contribution in [0.3, 0.4) is 0 Å². The van der Waals surface area contributed by atoms with E-state index in [1.54, 1.807) is 24.3 Å². The molecule has 1 saturated heterocycles. The minimum Gasteiger partial charge on any atom is -0.354 e. The summed E-state index contributed by atoms with van der Waals surface area (Å²) in [7, 11) is -2.95. The number of hydrogen-bond acceptors (Lipinski definition) is 5. The van der Waals surface area contributed by atoms with E-state index in [1.807, 2.05) is 0 Å². The smallest absolute Gasteiger partial charge is 0.261 e. The van der Waals surface area contributed by atoms with Gasteiger partial charge < -0.3 is 5.32 Å². The van der Waals surface area contributed by atoms with Gasteiger partial charge in [0.25, 0.3) is 5.56 Å². The molecule has 0 spiro atoms. The monoisotopic (exact) mass is 335 g/mol. The number of carbonyl (C=O) groups excluding carboxylic acids is 1. The van der Waals surface area contributed by atoms with Crippen molar-refractivity contribution in [1.29, 1.82) is 0 Å². The number of sulfone groups is 1. The maximum absolute atomic E-state index is 12.3. The van der Waals surface area contributed by atoms with Crippen molar-refractivity contribution in [3.63, 3.8) is 0 Å². The largest absolute Gasteiger partial charge is 0.354 e. The number of rotatable bonds is 4. The second-order valence-corrected chi connectivity index (χ2v) is 8.00. The zero-order valence-electron chi connectivity index (χ0n) is 12.4. The molecule has 7 nitrogen and oxygen atoms in total. The summed E-state index contributed by atoms with van der Waals surface area (Å²) in [6.07, 6.45) is 1.92.